The average Bonchev–Trinajstić information content (AvgIpc) is 2.28. The Labute approximate surface area is 102 Å². The molecule has 0 spiro atoms. The number of hydrogen-bond donors (Lipinski definition) is 1. The minimum Gasteiger partial charge on any atom is -0.314 e. The van der Waals surface area contributed by atoms with Gasteiger partial charge < -0.3 is 5.32 Å². The van der Waals surface area contributed by atoms with Gasteiger partial charge >= 0.3 is 0 Å². The van der Waals surface area contributed by atoms with Crippen LogP contribution in [0.25, 0.3) is 0 Å². The summed E-state index contributed by atoms with van der Waals surface area (Å²) in [4.78, 5) is 0. The minimum atomic E-state index is 0.805. The summed E-state index contributed by atoms with van der Waals surface area (Å²) in [7, 11) is 0. The highest BCUT2D eigenvalue weighted by Gasteiger charge is 2.25. The Morgan fingerprint density at radius 3 is 2.62 bits per heavy atom. The van der Waals surface area contributed by atoms with Crippen molar-refractivity contribution in [2.75, 3.05) is 6.54 Å². The molecule has 1 nitrogen and oxygen atoms in total. The molecule has 0 aromatic heterocycles. The Balaban J connectivity index is 2.34. The van der Waals surface area contributed by atoms with E-state index in [1.54, 1.807) is 0 Å². The van der Waals surface area contributed by atoms with Crippen molar-refractivity contribution in [3.05, 3.63) is 0 Å². The molecule has 1 saturated carbocycles. The molecule has 1 N–H and O–H groups in total. The van der Waals surface area contributed by atoms with Crippen LogP contribution in [0.4, 0.5) is 0 Å². The van der Waals surface area contributed by atoms with E-state index in [1.807, 2.05) is 0 Å². The van der Waals surface area contributed by atoms with E-state index in [0.717, 1.165) is 24.4 Å². The standard InChI is InChI=1S/C15H31N/c1-4-6-7-11-15(16-5-2)14-10-8-9-13(3)12-14/h13-16H,4-12H2,1-3H3. The molecule has 0 radical (unpaired) electrons. The van der Waals surface area contributed by atoms with Crippen LogP contribution in [0.2, 0.25) is 0 Å². The highest BCUT2D eigenvalue weighted by Crippen LogP contribution is 2.32. The molecule has 0 aromatic carbocycles. The zero-order valence-electron chi connectivity index (χ0n) is 11.6. The zero-order chi connectivity index (χ0) is 11.8. The maximum atomic E-state index is 3.73. The lowest BCUT2D eigenvalue weighted by Gasteiger charge is -2.34. The van der Waals surface area contributed by atoms with Gasteiger partial charge in [-0.05, 0) is 37.6 Å². The topological polar surface area (TPSA) is 12.0 Å². The van der Waals surface area contributed by atoms with Crippen molar-refractivity contribution in [1.29, 1.82) is 0 Å². The van der Waals surface area contributed by atoms with Crippen molar-refractivity contribution >= 4 is 0 Å². The lowest BCUT2D eigenvalue weighted by atomic mass is 9.77. The fourth-order valence-electron chi connectivity index (χ4n) is 3.23. The maximum Gasteiger partial charge on any atom is 0.00953 e. The van der Waals surface area contributed by atoms with E-state index in [4.69, 9.17) is 0 Å². The Morgan fingerprint density at radius 2 is 2.00 bits per heavy atom. The van der Waals surface area contributed by atoms with Crippen molar-refractivity contribution in [3.8, 4) is 0 Å². The first-order valence-electron chi connectivity index (χ1n) is 7.51. The van der Waals surface area contributed by atoms with Crippen LogP contribution >= 0.6 is 0 Å². The third-order valence-electron chi connectivity index (χ3n) is 4.13. The van der Waals surface area contributed by atoms with Crippen LogP contribution in [-0.2, 0) is 0 Å². The summed E-state index contributed by atoms with van der Waals surface area (Å²) in [6.07, 6.45) is 11.4. The molecular formula is C15H31N. The molecule has 0 aromatic rings. The van der Waals surface area contributed by atoms with Gasteiger partial charge in [-0.15, -0.1) is 0 Å². The number of nitrogens with one attached hydrogen (secondary N) is 1. The van der Waals surface area contributed by atoms with E-state index in [1.165, 1.54) is 51.4 Å². The van der Waals surface area contributed by atoms with Crippen molar-refractivity contribution in [1.82, 2.24) is 5.32 Å². The highest BCUT2D eigenvalue weighted by molar-refractivity contribution is 4.81. The van der Waals surface area contributed by atoms with Gasteiger partial charge in [0.05, 0.1) is 0 Å². The number of rotatable bonds is 7. The van der Waals surface area contributed by atoms with Crippen LogP contribution in [0.3, 0.4) is 0 Å². The molecule has 1 aliphatic rings. The highest BCUT2D eigenvalue weighted by atomic mass is 14.9. The average molecular weight is 225 g/mol. The van der Waals surface area contributed by atoms with Crippen LogP contribution in [0.5, 0.6) is 0 Å². The summed E-state index contributed by atoms with van der Waals surface area (Å²) in [6, 6.07) is 0.805. The monoisotopic (exact) mass is 225 g/mol. The summed E-state index contributed by atoms with van der Waals surface area (Å²) < 4.78 is 0. The van der Waals surface area contributed by atoms with E-state index in [9.17, 15) is 0 Å². The lowest BCUT2D eigenvalue weighted by molar-refractivity contribution is 0.214. The minimum absolute atomic E-state index is 0.805. The molecule has 1 aliphatic carbocycles. The Hall–Kier alpha value is -0.0400. The molecule has 0 aliphatic heterocycles. The normalized spacial score (nSPS) is 27.9. The number of hydrogen-bond acceptors (Lipinski definition) is 1. The van der Waals surface area contributed by atoms with Crippen molar-refractivity contribution in [2.24, 2.45) is 11.8 Å². The summed E-state index contributed by atoms with van der Waals surface area (Å²) in [6.45, 7) is 8.12. The van der Waals surface area contributed by atoms with Crippen LogP contribution in [0.15, 0.2) is 0 Å². The Morgan fingerprint density at radius 1 is 1.19 bits per heavy atom. The molecule has 1 heteroatoms. The van der Waals surface area contributed by atoms with E-state index in [2.05, 4.69) is 26.1 Å². The predicted molar refractivity (Wildman–Crippen MR) is 72.7 cm³/mol. The molecular weight excluding hydrogens is 194 g/mol. The second-order valence-corrected chi connectivity index (χ2v) is 5.69. The SMILES string of the molecule is CCCCCC(NCC)C1CCCC(C)C1. The quantitative estimate of drug-likeness (QED) is 0.634. The van der Waals surface area contributed by atoms with Gasteiger partial charge in [0, 0.05) is 6.04 Å². The molecule has 1 rings (SSSR count). The Bertz CT molecular complexity index is 167. The van der Waals surface area contributed by atoms with Crippen LogP contribution < -0.4 is 5.32 Å². The second-order valence-electron chi connectivity index (χ2n) is 5.69. The van der Waals surface area contributed by atoms with E-state index in [0.29, 0.717) is 0 Å². The first-order chi connectivity index (χ1) is 7.77. The third kappa shape index (κ3) is 4.86. The van der Waals surface area contributed by atoms with Crippen LogP contribution in [-0.4, -0.2) is 12.6 Å². The van der Waals surface area contributed by atoms with Gasteiger partial charge in [0.15, 0.2) is 0 Å². The van der Waals surface area contributed by atoms with E-state index >= 15 is 0 Å². The second kappa shape index (κ2) is 8.11. The molecule has 16 heavy (non-hydrogen) atoms. The van der Waals surface area contributed by atoms with Gasteiger partial charge in [-0.2, -0.15) is 0 Å². The summed E-state index contributed by atoms with van der Waals surface area (Å²) >= 11 is 0. The van der Waals surface area contributed by atoms with Crippen molar-refractivity contribution in [3.63, 3.8) is 0 Å². The van der Waals surface area contributed by atoms with Crippen molar-refractivity contribution in [2.45, 2.75) is 78.2 Å². The van der Waals surface area contributed by atoms with Crippen LogP contribution in [0, 0.1) is 11.8 Å². The fourth-order valence-corrected chi connectivity index (χ4v) is 3.23. The van der Waals surface area contributed by atoms with Gasteiger partial charge in [0.25, 0.3) is 0 Å². The van der Waals surface area contributed by atoms with Crippen LogP contribution in [0.1, 0.15) is 72.1 Å². The van der Waals surface area contributed by atoms with Crippen molar-refractivity contribution < 1.29 is 0 Å². The number of unbranched alkanes of at least 4 members (excludes halogenated alkanes) is 2. The Kier molecular flexibility index (Phi) is 7.11. The van der Waals surface area contributed by atoms with Gasteiger partial charge in [-0.3, -0.25) is 0 Å². The van der Waals surface area contributed by atoms with Gasteiger partial charge in [-0.25, -0.2) is 0 Å². The van der Waals surface area contributed by atoms with E-state index < -0.39 is 0 Å². The first kappa shape index (κ1) is 14.0. The molecule has 0 saturated heterocycles. The third-order valence-corrected chi connectivity index (χ3v) is 4.13. The first-order valence-corrected chi connectivity index (χ1v) is 7.51. The van der Waals surface area contributed by atoms with Gasteiger partial charge in [0.2, 0.25) is 0 Å². The molecule has 96 valence electrons. The predicted octanol–water partition coefficient (Wildman–Crippen LogP) is 4.37. The molecule has 3 atom stereocenters. The lowest BCUT2D eigenvalue weighted by Crippen LogP contribution is -2.38. The molecule has 1 fully saturated rings. The molecule has 0 heterocycles. The zero-order valence-corrected chi connectivity index (χ0v) is 11.6. The van der Waals surface area contributed by atoms with Gasteiger partial charge in [-0.1, -0.05) is 52.9 Å². The maximum absolute atomic E-state index is 3.73. The smallest absolute Gasteiger partial charge is 0.00953 e. The summed E-state index contributed by atoms with van der Waals surface area (Å²) in [5.41, 5.74) is 0. The largest absolute Gasteiger partial charge is 0.314 e. The fraction of sp³-hybridized carbons (Fsp3) is 1.00. The molecule has 0 amide bonds. The molecule has 3 unspecified atom stereocenters. The summed E-state index contributed by atoms with van der Waals surface area (Å²) in [5.74, 6) is 1.92. The molecule has 0 bridgehead atoms. The summed E-state index contributed by atoms with van der Waals surface area (Å²) in [5, 5.41) is 3.73. The van der Waals surface area contributed by atoms with E-state index in [-0.39, 0.29) is 0 Å². The van der Waals surface area contributed by atoms with Gasteiger partial charge in [0.1, 0.15) is 0 Å².